The molecule has 0 aromatic heterocycles. The molecule has 0 aliphatic carbocycles. The minimum absolute atomic E-state index is 0.0236. The van der Waals surface area contributed by atoms with E-state index in [0.29, 0.717) is 157 Å². The molecule has 66 heavy (non-hydrogen) atoms. The van der Waals surface area contributed by atoms with E-state index in [-0.39, 0.29) is 49.3 Å². The van der Waals surface area contributed by atoms with Gasteiger partial charge < -0.3 is 75.8 Å². The van der Waals surface area contributed by atoms with Crippen LogP contribution in [0.4, 0.5) is 0 Å². The van der Waals surface area contributed by atoms with Crippen LogP contribution in [0, 0.1) is 5.92 Å². The Labute approximate surface area is 400 Å². The molecule has 17 heteroatoms. The number of rotatable bonds is 52. The third-order valence-electron chi connectivity index (χ3n) is 9.62. The van der Waals surface area contributed by atoms with Crippen LogP contribution in [-0.2, 0) is 80.6 Å². The van der Waals surface area contributed by atoms with Crippen LogP contribution >= 0.6 is 0 Å². The van der Waals surface area contributed by atoms with Gasteiger partial charge in [-0.05, 0) is 67.7 Å². The topological polar surface area (TPSA) is 165 Å². The molecule has 0 saturated carbocycles. The van der Waals surface area contributed by atoms with E-state index >= 15 is 0 Å². The van der Waals surface area contributed by atoms with E-state index in [1.54, 1.807) is 6.92 Å². The summed E-state index contributed by atoms with van der Waals surface area (Å²) in [6, 6.07) is 0. The third kappa shape index (κ3) is 45.1. The van der Waals surface area contributed by atoms with Crippen molar-refractivity contribution in [3.8, 4) is 0 Å². The summed E-state index contributed by atoms with van der Waals surface area (Å²) in [5.41, 5.74) is 0.367. The Morgan fingerprint density at radius 3 is 0.909 bits per heavy atom. The largest absolute Gasteiger partial charge is 0.460 e. The third-order valence-corrected chi connectivity index (χ3v) is 9.62. The molecule has 0 radical (unpaired) electrons. The van der Waals surface area contributed by atoms with Crippen molar-refractivity contribution in [3.05, 3.63) is 12.2 Å². The molecule has 0 spiro atoms. The van der Waals surface area contributed by atoms with Gasteiger partial charge in [0.1, 0.15) is 6.61 Å². The Hall–Kier alpha value is -1.39. The first kappa shape index (κ1) is 64.6. The molecule has 0 saturated heterocycles. The molecule has 0 bridgehead atoms. The fourth-order valence-corrected chi connectivity index (χ4v) is 5.44. The molecular formula is C49H96O17. The molecule has 0 aromatic carbocycles. The van der Waals surface area contributed by atoms with Crippen molar-refractivity contribution in [1.29, 1.82) is 0 Å². The first-order chi connectivity index (χ1) is 31.9. The molecule has 0 fully saturated rings. The number of unbranched alkanes of at least 4 members (excludes halogenated alkanes) is 1. The number of hydrogen-bond acceptors (Lipinski definition) is 17. The number of carbonyl (C=O) groups excluding carboxylic acids is 1. The molecule has 8 atom stereocenters. The van der Waals surface area contributed by atoms with Crippen molar-refractivity contribution in [1.82, 2.24) is 0 Å². The molecule has 0 rings (SSSR count). The Bertz CT molecular complexity index is 1060. The zero-order valence-corrected chi connectivity index (χ0v) is 43.1. The first-order valence-corrected chi connectivity index (χ1v) is 24.6. The van der Waals surface area contributed by atoms with Gasteiger partial charge >= 0.3 is 5.97 Å². The monoisotopic (exact) mass is 957 g/mol. The summed E-state index contributed by atoms with van der Waals surface area (Å²) in [6.07, 6.45) is 4.54. The van der Waals surface area contributed by atoms with Crippen molar-refractivity contribution in [2.24, 2.45) is 5.92 Å². The van der Waals surface area contributed by atoms with Crippen LogP contribution in [0.2, 0.25) is 0 Å². The SMILES string of the molecule is C=C(C)C(=O)OCCOCCOCCOCCOCCOCCOCCOCCOCC(C)OCC(C)OCC(C)OCC(C)OCC(C)OCC(C)OCC(C)OCC(CC)CCCC. The van der Waals surface area contributed by atoms with Gasteiger partial charge in [-0.1, -0.05) is 39.7 Å². The van der Waals surface area contributed by atoms with Gasteiger partial charge in [-0.3, -0.25) is 0 Å². The van der Waals surface area contributed by atoms with Crippen molar-refractivity contribution >= 4 is 5.97 Å². The minimum atomic E-state index is -0.416. The quantitative estimate of drug-likeness (QED) is 0.0379. The van der Waals surface area contributed by atoms with Crippen molar-refractivity contribution in [3.63, 3.8) is 0 Å². The van der Waals surface area contributed by atoms with Gasteiger partial charge in [-0.25, -0.2) is 4.79 Å². The Morgan fingerprint density at radius 2 is 0.636 bits per heavy atom. The van der Waals surface area contributed by atoms with Crippen molar-refractivity contribution in [2.75, 3.05) is 159 Å². The van der Waals surface area contributed by atoms with Crippen LogP contribution in [0.1, 0.15) is 94.9 Å². The summed E-state index contributed by atoms with van der Waals surface area (Å²) in [6.45, 7) is 34.9. The van der Waals surface area contributed by atoms with E-state index < -0.39 is 5.97 Å². The zero-order valence-electron chi connectivity index (χ0n) is 43.1. The normalized spacial score (nSPS) is 15.5. The number of carbonyl (C=O) groups is 1. The first-order valence-electron chi connectivity index (χ1n) is 24.6. The van der Waals surface area contributed by atoms with Crippen LogP contribution in [0.3, 0.4) is 0 Å². The molecule has 0 heterocycles. The van der Waals surface area contributed by atoms with Crippen molar-refractivity contribution < 1.29 is 80.6 Å². The summed E-state index contributed by atoms with van der Waals surface area (Å²) in [4.78, 5) is 11.2. The lowest BCUT2D eigenvalue weighted by atomic mass is 10.0. The molecule has 394 valence electrons. The van der Waals surface area contributed by atoms with Crippen LogP contribution in [0.5, 0.6) is 0 Å². The van der Waals surface area contributed by atoms with Gasteiger partial charge in [0.15, 0.2) is 0 Å². The Morgan fingerprint density at radius 1 is 0.379 bits per heavy atom. The molecule has 0 amide bonds. The van der Waals surface area contributed by atoms with Gasteiger partial charge in [-0.2, -0.15) is 0 Å². The van der Waals surface area contributed by atoms with Crippen LogP contribution in [0.15, 0.2) is 12.2 Å². The maximum Gasteiger partial charge on any atom is 0.333 e. The van der Waals surface area contributed by atoms with E-state index in [4.69, 9.17) is 75.8 Å². The van der Waals surface area contributed by atoms with Gasteiger partial charge in [-0.15, -0.1) is 0 Å². The Kier molecular flexibility index (Phi) is 46.3. The molecule has 0 aliphatic heterocycles. The van der Waals surface area contributed by atoms with E-state index in [1.165, 1.54) is 19.3 Å². The maximum absolute atomic E-state index is 11.2. The molecule has 0 aromatic rings. The lowest BCUT2D eigenvalue weighted by Gasteiger charge is -2.23. The fraction of sp³-hybridized carbons (Fsp3) is 0.939. The standard InChI is InChI=1S/C49H96O17/c1-12-14-15-48(13-2)39-66-47(11)38-65-46(10)37-64-45(9)36-63-44(8)35-62-43(7)34-61-42(6)33-60-41(5)32-58-29-28-56-25-24-54-21-20-52-17-16-51-18-19-53-22-23-55-26-27-57-30-31-59-49(50)40(3)4/h41-48H,3,12-39H2,1-2,4-11H3. The second-order valence-electron chi connectivity index (χ2n) is 16.7. The van der Waals surface area contributed by atoms with Crippen LogP contribution < -0.4 is 0 Å². The minimum Gasteiger partial charge on any atom is -0.460 e. The molecule has 17 nitrogen and oxygen atoms in total. The molecule has 0 N–H and O–H groups in total. The highest BCUT2D eigenvalue weighted by atomic mass is 16.6. The summed E-state index contributed by atoms with van der Waals surface area (Å²) in [5.74, 6) is 0.212. The van der Waals surface area contributed by atoms with E-state index in [9.17, 15) is 4.79 Å². The van der Waals surface area contributed by atoms with E-state index in [2.05, 4.69) is 27.4 Å². The zero-order chi connectivity index (χ0) is 48.9. The highest BCUT2D eigenvalue weighted by molar-refractivity contribution is 5.86. The summed E-state index contributed by atoms with van der Waals surface area (Å²) in [7, 11) is 0. The average molecular weight is 957 g/mol. The lowest BCUT2D eigenvalue weighted by molar-refractivity contribution is -0.140. The molecular weight excluding hydrogens is 861 g/mol. The predicted octanol–water partition coefficient (Wildman–Crippen LogP) is 6.29. The van der Waals surface area contributed by atoms with Crippen LogP contribution in [-0.4, -0.2) is 207 Å². The van der Waals surface area contributed by atoms with E-state index in [1.807, 2.05) is 41.5 Å². The fourth-order valence-electron chi connectivity index (χ4n) is 5.44. The van der Waals surface area contributed by atoms with Gasteiger partial charge in [0.2, 0.25) is 0 Å². The van der Waals surface area contributed by atoms with Gasteiger partial charge in [0.25, 0.3) is 0 Å². The highest BCUT2D eigenvalue weighted by Crippen LogP contribution is 2.14. The lowest BCUT2D eigenvalue weighted by Crippen LogP contribution is -2.30. The molecule has 0 aliphatic rings. The summed E-state index contributed by atoms with van der Waals surface area (Å²) >= 11 is 0. The number of ether oxygens (including phenoxy) is 16. The second-order valence-corrected chi connectivity index (χ2v) is 16.7. The van der Waals surface area contributed by atoms with Crippen LogP contribution in [0.25, 0.3) is 0 Å². The number of hydrogen-bond donors (Lipinski definition) is 0. The van der Waals surface area contributed by atoms with E-state index in [0.717, 1.165) is 13.0 Å². The average Bonchev–Trinajstić information content (AvgIpc) is 3.30. The number of esters is 1. The molecule has 8 unspecified atom stereocenters. The van der Waals surface area contributed by atoms with Crippen molar-refractivity contribution in [2.45, 2.75) is 138 Å². The maximum atomic E-state index is 11.2. The Balaban J connectivity index is 3.57. The smallest absolute Gasteiger partial charge is 0.333 e. The second kappa shape index (κ2) is 47.3. The highest BCUT2D eigenvalue weighted by Gasteiger charge is 2.15. The summed E-state index contributed by atoms with van der Waals surface area (Å²) in [5, 5.41) is 0. The summed E-state index contributed by atoms with van der Waals surface area (Å²) < 4.78 is 90.7. The predicted molar refractivity (Wildman–Crippen MR) is 254 cm³/mol. The van der Waals surface area contributed by atoms with Gasteiger partial charge in [0, 0.05) is 12.2 Å². The van der Waals surface area contributed by atoms with Gasteiger partial charge in [0.05, 0.1) is 188 Å².